The van der Waals surface area contributed by atoms with Gasteiger partial charge in [0.2, 0.25) is 5.91 Å². The van der Waals surface area contributed by atoms with E-state index in [9.17, 15) is 9.90 Å². The lowest BCUT2D eigenvalue weighted by Gasteiger charge is -2.24. The van der Waals surface area contributed by atoms with E-state index < -0.39 is 5.60 Å². The molecule has 0 spiro atoms. The largest absolute Gasteiger partial charge is 0.389 e. The number of carbonyl (C=O) groups is 1. The highest BCUT2D eigenvalue weighted by Crippen LogP contribution is 2.10. The maximum absolute atomic E-state index is 11.7. The molecule has 4 nitrogen and oxygen atoms in total. The van der Waals surface area contributed by atoms with Gasteiger partial charge in [0.15, 0.2) is 0 Å². The number of halogens is 1. The van der Waals surface area contributed by atoms with Crippen molar-refractivity contribution in [3.05, 3.63) is 34.9 Å². The molecule has 0 aliphatic carbocycles. The summed E-state index contributed by atoms with van der Waals surface area (Å²) < 4.78 is 0. The Balaban J connectivity index is 2.26. The van der Waals surface area contributed by atoms with Gasteiger partial charge < -0.3 is 10.4 Å². The number of aliphatic hydroxyl groups is 1. The van der Waals surface area contributed by atoms with E-state index in [1.165, 1.54) is 0 Å². The third kappa shape index (κ3) is 7.48. The average molecular weight is 299 g/mol. The molecule has 0 saturated carbocycles. The second kappa shape index (κ2) is 7.62. The number of likely N-dealkylation sites (N-methyl/N-ethyl adjacent to an activating group) is 1. The summed E-state index contributed by atoms with van der Waals surface area (Å²) in [6, 6.07) is 7.61. The zero-order valence-electron chi connectivity index (χ0n) is 12.3. The number of hydrogen-bond donors (Lipinski definition) is 2. The maximum Gasteiger partial charge on any atom is 0.234 e. The average Bonchev–Trinajstić information content (AvgIpc) is 2.25. The Labute approximate surface area is 125 Å². The summed E-state index contributed by atoms with van der Waals surface area (Å²) in [6.07, 6.45) is 0.751. The van der Waals surface area contributed by atoms with Crippen LogP contribution in [-0.4, -0.2) is 48.2 Å². The Morgan fingerprint density at radius 2 is 2.15 bits per heavy atom. The summed E-state index contributed by atoms with van der Waals surface area (Å²) in [5, 5.41) is 13.2. The number of amides is 1. The molecule has 1 aromatic rings. The highest BCUT2D eigenvalue weighted by Gasteiger charge is 2.17. The van der Waals surface area contributed by atoms with Crippen molar-refractivity contribution in [2.45, 2.75) is 25.9 Å². The summed E-state index contributed by atoms with van der Waals surface area (Å²) >= 11 is 5.90. The van der Waals surface area contributed by atoms with Crippen molar-refractivity contribution in [1.82, 2.24) is 10.2 Å². The molecule has 20 heavy (non-hydrogen) atoms. The fraction of sp³-hybridized carbons (Fsp3) is 0.533. The number of nitrogens with zero attached hydrogens (tertiary/aromatic N) is 1. The first-order valence-corrected chi connectivity index (χ1v) is 7.06. The molecule has 0 saturated heterocycles. The van der Waals surface area contributed by atoms with Gasteiger partial charge >= 0.3 is 0 Å². The van der Waals surface area contributed by atoms with Gasteiger partial charge in [0, 0.05) is 18.1 Å². The van der Waals surface area contributed by atoms with Crippen molar-refractivity contribution in [2.24, 2.45) is 0 Å². The summed E-state index contributed by atoms with van der Waals surface area (Å²) in [4.78, 5) is 13.5. The van der Waals surface area contributed by atoms with Gasteiger partial charge in [-0.25, -0.2) is 0 Å². The van der Waals surface area contributed by atoms with Crippen molar-refractivity contribution < 1.29 is 9.90 Å². The molecular formula is C15H23ClN2O2. The van der Waals surface area contributed by atoms with E-state index >= 15 is 0 Å². The molecule has 2 N–H and O–H groups in total. The lowest BCUT2D eigenvalue weighted by atomic mass is 10.1. The molecule has 0 unspecified atom stereocenters. The molecule has 112 valence electrons. The van der Waals surface area contributed by atoms with Gasteiger partial charge in [-0.3, -0.25) is 9.69 Å². The van der Waals surface area contributed by atoms with Gasteiger partial charge in [-0.2, -0.15) is 0 Å². The summed E-state index contributed by atoms with van der Waals surface area (Å²) in [7, 11) is 1.81. The van der Waals surface area contributed by atoms with Crippen molar-refractivity contribution in [1.29, 1.82) is 0 Å². The smallest absolute Gasteiger partial charge is 0.234 e. The van der Waals surface area contributed by atoms with E-state index in [0.717, 1.165) is 12.0 Å². The lowest BCUT2D eigenvalue weighted by Crippen LogP contribution is -2.42. The van der Waals surface area contributed by atoms with E-state index in [0.29, 0.717) is 18.1 Å². The zero-order chi connectivity index (χ0) is 15.2. The van der Waals surface area contributed by atoms with Crippen LogP contribution in [-0.2, 0) is 11.2 Å². The molecule has 0 aliphatic heterocycles. The molecule has 5 heteroatoms. The van der Waals surface area contributed by atoms with Crippen LogP contribution in [0.3, 0.4) is 0 Å². The van der Waals surface area contributed by atoms with Crippen molar-refractivity contribution in [3.8, 4) is 0 Å². The van der Waals surface area contributed by atoms with Gasteiger partial charge in [-0.1, -0.05) is 23.7 Å². The molecule has 1 rings (SSSR count). The first kappa shape index (κ1) is 17.0. The maximum atomic E-state index is 11.7. The van der Waals surface area contributed by atoms with Crippen molar-refractivity contribution in [3.63, 3.8) is 0 Å². The standard InChI is InChI=1S/C15H23ClN2O2/c1-15(2,20)11-18(3)10-14(19)17-8-7-12-5-4-6-13(16)9-12/h4-6,9,20H,7-8,10-11H2,1-3H3,(H,17,19). The quantitative estimate of drug-likeness (QED) is 0.806. The molecule has 0 atom stereocenters. The fourth-order valence-electron chi connectivity index (χ4n) is 2.06. The van der Waals surface area contributed by atoms with Crippen LogP contribution >= 0.6 is 11.6 Å². The Morgan fingerprint density at radius 1 is 1.45 bits per heavy atom. The van der Waals surface area contributed by atoms with Crippen LogP contribution in [0.4, 0.5) is 0 Å². The minimum absolute atomic E-state index is 0.0428. The van der Waals surface area contributed by atoms with Crippen LogP contribution in [0.2, 0.25) is 5.02 Å². The summed E-state index contributed by atoms with van der Waals surface area (Å²) in [5.74, 6) is -0.0428. The first-order valence-electron chi connectivity index (χ1n) is 6.68. The Morgan fingerprint density at radius 3 is 2.75 bits per heavy atom. The molecular weight excluding hydrogens is 276 g/mol. The van der Waals surface area contributed by atoms with Gasteiger partial charge in [0.1, 0.15) is 0 Å². The third-order valence-electron chi connectivity index (χ3n) is 2.70. The molecule has 0 heterocycles. The Bertz CT molecular complexity index is 444. The second-order valence-corrected chi connectivity index (χ2v) is 6.15. The van der Waals surface area contributed by atoms with Crippen LogP contribution in [0.5, 0.6) is 0 Å². The highest BCUT2D eigenvalue weighted by atomic mass is 35.5. The molecule has 0 radical (unpaired) electrons. The van der Waals surface area contributed by atoms with Gasteiger partial charge in [0.05, 0.1) is 12.1 Å². The van der Waals surface area contributed by atoms with Crippen molar-refractivity contribution in [2.75, 3.05) is 26.7 Å². The van der Waals surface area contributed by atoms with E-state index in [1.807, 2.05) is 31.3 Å². The van der Waals surface area contributed by atoms with Gasteiger partial charge in [-0.05, 0) is 45.0 Å². The van der Waals surface area contributed by atoms with Gasteiger partial charge in [0.25, 0.3) is 0 Å². The predicted octanol–water partition coefficient (Wildman–Crippen LogP) is 1.70. The number of hydrogen-bond acceptors (Lipinski definition) is 3. The van der Waals surface area contributed by atoms with E-state index in [1.54, 1.807) is 18.7 Å². The van der Waals surface area contributed by atoms with Crippen LogP contribution < -0.4 is 5.32 Å². The van der Waals surface area contributed by atoms with Crippen LogP contribution in [0.1, 0.15) is 19.4 Å². The Hall–Kier alpha value is -1.10. The van der Waals surface area contributed by atoms with E-state index in [4.69, 9.17) is 11.6 Å². The SMILES string of the molecule is CN(CC(=O)NCCc1cccc(Cl)c1)CC(C)(C)O. The first-order chi connectivity index (χ1) is 9.26. The minimum Gasteiger partial charge on any atom is -0.389 e. The molecule has 1 amide bonds. The molecule has 0 aromatic heterocycles. The van der Waals surface area contributed by atoms with Crippen molar-refractivity contribution >= 4 is 17.5 Å². The normalized spacial score (nSPS) is 11.7. The van der Waals surface area contributed by atoms with E-state index in [-0.39, 0.29) is 12.5 Å². The topological polar surface area (TPSA) is 52.6 Å². The van der Waals surface area contributed by atoms with Crippen LogP contribution in [0, 0.1) is 0 Å². The summed E-state index contributed by atoms with van der Waals surface area (Å²) in [6.45, 7) is 4.75. The number of rotatable bonds is 7. The number of carbonyl (C=O) groups excluding carboxylic acids is 1. The fourth-order valence-corrected chi connectivity index (χ4v) is 2.27. The lowest BCUT2D eigenvalue weighted by molar-refractivity contribution is -0.122. The molecule has 0 bridgehead atoms. The van der Waals surface area contributed by atoms with Crippen LogP contribution in [0.25, 0.3) is 0 Å². The van der Waals surface area contributed by atoms with E-state index in [2.05, 4.69) is 5.32 Å². The zero-order valence-corrected chi connectivity index (χ0v) is 13.1. The molecule has 0 fully saturated rings. The Kier molecular flexibility index (Phi) is 6.46. The second-order valence-electron chi connectivity index (χ2n) is 5.71. The highest BCUT2D eigenvalue weighted by molar-refractivity contribution is 6.30. The predicted molar refractivity (Wildman–Crippen MR) is 82.0 cm³/mol. The van der Waals surface area contributed by atoms with Gasteiger partial charge in [-0.15, -0.1) is 0 Å². The monoisotopic (exact) mass is 298 g/mol. The number of benzene rings is 1. The minimum atomic E-state index is -0.796. The third-order valence-corrected chi connectivity index (χ3v) is 2.93. The van der Waals surface area contributed by atoms with Crippen LogP contribution in [0.15, 0.2) is 24.3 Å². The summed E-state index contributed by atoms with van der Waals surface area (Å²) in [5.41, 5.74) is 0.304. The molecule has 1 aromatic carbocycles. The molecule has 0 aliphatic rings. The number of nitrogens with one attached hydrogen (secondary N) is 1.